The van der Waals surface area contributed by atoms with E-state index in [1.165, 1.54) is 0 Å². The van der Waals surface area contributed by atoms with Crippen LogP contribution in [0.1, 0.15) is 5.56 Å². The number of rotatable bonds is 4. The smallest absolute Gasteiger partial charge is 0.147 e. The van der Waals surface area contributed by atoms with E-state index < -0.39 is 0 Å². The van der Waals surface area contributed by atoms with E-state index in [1.54, 1.807) is 20.4 Å². The molecule has 0 aromatic carbocycles. The Morgan fingerprint density at radius 3 is 2.50 bits per heavy atom. The van der Waals surface area contributed by atoms with Crippen LogP contribution in [0.3, 0.4) is 0 Å². The first kappa shape index (κ1) is 13.5. The molecule has 2 unspecified atom stereocenters. The van der Waals surface area contributed by atoms with Gasteiger partial charge in [0.25, 0.3) is 0 Å². The van der Waals surface area contributed by atoms with Crippen LogP contribution in [0, 0.1) is 0 Å². The van der Waals surface area contributed by atoms with Crippen LogP contribution in [-0.4, -0.2) is 44.5 Å². The lowest BCUT2D eigenvalue weighted by Crippen LogP contribution is -2.27. The minimum Gasteiger partial charge on any atom is -0.377 e. The summed E-state index contributed by atoms with van der Waals surface area (Å²) in [6.45, 7) is 1.84. The van der Waals surface area contributed by atoms with Gasteiger partial charge in [0.1, 0.15) is 18.0 Å². The first-order valence-electron chi connectivity index (χ1n) is 5.85. The van der Waals surface area contributed by atoms with Crippen LogP contribution in [0.2, 0.25) is 5.02 Å². The van der Waals surface area contributed by atoms with Gasteiger partial charge in [-0.15, -0.1) is 0 Å². The summed E-state index contributed by atoms with van der Waals surface area (Å²) in [7, 11) is 3.37. The van der Waals surface area contributed by atoms with Crippen LogP contribution in [0.5, 0.6) is 0 Å². The number of methoxy groups -OCH3 is 2. The Morgan fingerprint density at radius 2 is 2.00 bits per heavy atom. The fourth-order valence-corrected chi connectivity index (χ4v) is 2.53. The minimum atomic E-state index is 0.0365. The van der Waals surface area contributed by atoms with Gasteiger partial charge in [0.15, 0.2) is 0 Å². The summed E-state index contributed by atoms with van der Waals surface area (Å²) in [6, 6.07) is 1.84. The number of halogens is 1. The van der Waals surface area contributed by atoms with Crippen LogP contribution in [0.25, 0.3) is 0 Å². The number of pyridine rings is 1. The molecule has 0 amide bonds. The number of aromatic nitrogens is 1. The molecule has 1 aliphatic rings. The molecule has 0 spiro atoms. The molecule has 1 saturated heterocycles. The second kappa shape index (κ2) is 5.84. The largest absolute Gasteiger partial charge is 0.377 e. The third kappa shape index (κ3) is 2.44. The van der Waals surface area contributed by atoms with Crippen LogP contribution in [0.15, 0.2) is 12.3 Å². The Balaban J connectivity index is 2.23. The molecule has 0 aliphatic carbocycles. The topological polar surface area (TPSA) is 60.6 Å². The van der Waals surface area contributed by atoms with Gasteiger partial charge in [-0.25, -0.2) is 4.98 Å². The Morgan fingerprint density at radius 1 is 1.39 bits per heavy atom. The van der Waals surface area contributed by atoms with E-state index in [0.29, 0.717) is 11.6 Å². The highest BCUT2D eigenvalue weighted by Crippen LogP contribution is 2.30. The standard InChI is InChI=1S/C12H18ClN3O2/c1-17-9-6-16(7-10(9)18-2)12-11(13)8(5-14)3-4-15-12/h3-4,9-10H,5-7,14H2,1-2H3. The maximum Gasteiger partial charge on any atom is 0.147 e. The highest BCUT2D eigenvalue weighted by molar-refractivity contribution is 6.33. The average molecular weight is 272 g/mol. The molecule has 0 saturated carbocycles. The van der Waals surface area contributed by atoms with Crippen molar-refractivity contribution in [2.24, 2.45) is 5.73 Å². The maximum atomic E-state index is 6.30. The van der Waals surface area contributed by atoms with Gasteiger partial charge in [0.05, 0.1) is 5.02 Å². The Kier molecular flexibility index (Phi) is 4.40. The summed E-state index contributed by atoms with van der Waals surface area (Å²) < 4.78 is 10.8. The van der Waals surface area contributed by atoms with E-state index >= 15 is 0 Å². The highest BCUT2D eigenvalue weighted by atomic mass is 35.5. The average Bonchev–Trinajstić information content (AvgIpc) is 2.82. The van der Waals surface area contributed by atoms with Gasteiger partial charge in [0.2, 0.25) is 0 Å². The fourth-order valence-electron chi connectivity index (χ4n) is 2.22. The van der Waals surface area contributed by atoms with Gasteiger partial charge in [-0.1, -0.05) is 11.6 Å². The molecule has 5 nitrogen and oxygen atoms in total. The zero-order chi connectivity index (χ0) is 13.1. The van der Waals surface area contributed by atoms with Crippen molar-refractivity contribution >= 4 is 17.4 Å². The molecule has 0 bridgehead atoms. The number of nitrogens with zero attached hydrogens (tertiary/aromatic N) is 2. The lowest BCUT2D eigenvalue weighted by atomic mass is 10.2. The normalized spacial score (nSPS) is 23.7. The molecule has 1 aromatic heterocycles. The van der Waals surface area contributed by atoms with Crippen LogP contribution in [0.4, 0.5) is 5.82 Å². The number of hydrogen-bond donors (Lipinski definition) is 1. The lowest BCUT2D eigenvalue weighted by molar-refractivity contribution is -0.00461. The van der Waals surface area contributed by atoms with Crippen molar-refractivity contribution in [3.8, 4) is 0 Å². The summed E-state index contributed by atoms with van der Waals surface area (Å²) in [5.74, 6) is 0.751. The van der Waals surface area contributed by atoms with Gasteiger partial charge in [-0.3, -0.25) is 0 Å². The first-order chi connectivity index (χ1) is 8.71. The van der Waals surface area contributed by atoms with Gasteiger partial charge >= 0.3 is 0 Å². The second-order valence-electron chi connectivity index (χ2n) is 4.27. The van der Waals surface area contributed by atoms with E-state index in [1.807, 2.05) is 6.07 Å². The predicted molar refractivity (Wildman–Crippen MR) is 70.9 cm³/mol. The molecule has 1 fully saturated rings. The molecule has 2 atom stereocenters. The molecular formula is C12H18ClN3O2. The molecule has 2 N–H and O–H groups in total. The molecule has 100 valence electrons. The SMILES string of the molecule is COC1CN(c2nccc(CN)c2Cl)CC1OC. The van der Waals surface area contributed by atoms with Gasteiger partial charge in [-0.05, 0) is 11.6 Å². The predicted octanol–water partition coefficient (Wildman–Crippen LogP) is 1.04. The van der Waals surface area contributed by atoms with Crippen LogP contribution in [-0.2, 0) is 16.0 Å². The van der Waals surface area contributed by atoms with Crippen molar-refractivity contribution < 1.29 is 9.47 Å². The Labute approximate surface area is 112 Å². The van der Waals surface area contributed by atoms with E-state index in [0.717, 1.165) is 24.5 Å². The number of anilines is 1. The molecule has 6 heteroatoms. The first-order valence-corrected chi connectivity index (χ1v) is 6.23. The van der Waals surface area contributed by atoms with Crippen molar-refractivity contribution in [3.05, 3.63) is 22.8 Å². The summed E-state index contributed by atoms with van der Waals surface area (Å²) in [5.41, 5.74) is 6.54. The molecule has 2 heterocycles. The molecule has 2 rings (SSSR count). The number of nitrogens with two attached hydrogens (primary N) is 1. The molecule has 18 heavy (non-hydrogen) atoms. The third-order valence-corrected chi connectivity index (χ3v) is 3.70. The summed E-state index contributed by atoms with van der Waals surface area (Å²) in [6.07, 6.45) is 1.80. The zero-order valence-corrected chi connectivity index (χ0v) is 11.4. The molecular weight excluding hydrogens is 254 g/mol. The van der Waals surface area contributed by atoms with Gasteiger partial charge < -0.3 is 20.1 Å². The summed E-state index contributed by atoms with van der Waals surface area (Å²) in [4.78, 5) is 6.41. The number of ether oxygens (including phenoxy) is 2. The fraction of sp³-hybridized carbons (Fsp3) is 0.583. The summed E-state index contributed by atoms with van der Waals surface area (Å²) >= 11 is 6.30. The van der Waals surface area contributed by atoms with Crippen LogP contribution >= 0.6 is 11.6 Å². The summed E-state index contributed by atoms with van der Waals surface area (Å²) in [5, 5.41) is 0.617. The van der Waals surface area contributed by atoms with Gasteiger partial charge in [-0.2, -0.15) is 0 Å². The number of hydrogen-bond acceptors (Lipinski definition) is 5. The van der Waals surface area contributed by atoms with Crippen molar-refractivity contribution in [1.29, 1.82) is 0 Å². The van der Waals surface area contributed by atoms with Crippen molar-refractivity contribution in [2.45, 2.75) is 18.8 Å². The molecule has 0 radical (unpaired) electrons. The second-order valence-corrected chi connectivity index (χ2v) is 4.64. The maximum absolute atomic E-state index is 6.30. The highest BCUT2D eigenvalue weighted by Gasteiger charge is 2.34. The van der Waals surface area contributed by atoms with Crippen LogP contribution < -0.4 is 10.6 Å². The van der Waals surface area contributed by atoms with Crippen molar-refractivity contribution in [2.75, 3.05) is 32.2 Å². The quantitative estimate of drug-likeness (QED) is 0.887. The monoisotopic (exact) mass is 271 g/mol. The zero-order valence-electron chi connectivity index (χ0n) is 10.6. The van der Waals surface area contributed by atoms with E-state index in [2.05, 4.69) is 9.88 Å². The van der Waals surface area contributed by atoms with Crippen molar-refractivity contribution in [3.63, 3.8) is 0 Å². The van der Waals surface area contributed by atoms with Gasteiger partial charge in [0, 0.05) is 40.1 Å². The third-order valence-electron chi connectivity index (χ3n) is 3.29. The molecule has 1 aromatic rings. The van der Waals surface area contributed by atoms with Crippen molar-refractivity contribution in [1.82, 2.24) is 4.98 Å². The lowest BCUT2D eigenvalue weighted by Gasteiger charge is -2.19. The Bertz CT molecular complexity index is 404. The van der Waals surface area contributed by atoms with E-state index in [-0.39, 0.29) is 12.2 Å². The minimum absolute atomic E-state index is 0.0365. The molecule has 1 aliphatic heterocycles. The van der Waals surface area contributed by atoms with E-state index in [4.69, 9.17) is 26.8 Å². The Hall–Kier alpha value is -0.880. The van der Waals surface area contributed by atoms with E-state index in [9.17, 15) is 0 Å².